The molecule has 1 fully saturated rings. The molecule has 11 heteroatoms. The maximum absolute atomic E-state index is 12.9. The second-order valence-electron chi connectivity index (χ2n) is 6.61. The van der Waals surface area contributed by atoms with Gasteiger partial charge in [-0.15, -0.1) is 0 Å². The van der Waals surface area contributed by atoms with Gasteiger partial charge in [0.15, 0.2) is 5.69 Å². The summed E-state index contributed by atoms with van der Waals surface area (Å²) in [6, 6.07) is 0. The predicted molar refractivity (Wildman–Crippen MR) is 92.3 cm³/mol. The molecule has 2 aromatic heterocycles. The van der Waals surface area contributed by atoms with E-state index in [4.69, 9.17) is 11.6 Å². The number of hydrogen-bond acceptors (Lipinski definition) is 4. The summed E-state index contributed by atoms with van der Waals surface area (Å²) in [5.74, 6) is -0.539. The van der Waals surface area contributed by atoms with Crippen LogP contribution in [0.3, 0.4) is 0 Å². The third-order valence-electron chi connectivity index (χ3n) is 4.63. The molecule has 0 N–H and O–H groups in total. The molecular weight excluding hydrogens is 385 g/mol. The highest BCUT2D eigenvalue weighted by Crippen LogP contribution is 2.35. The summed E-state index contributed by atoms with van der Waals surface area (Å²) >= 11 is 5.81. The molecule has 1 aliphatic rings. The van der Waals surface area contributed by atoms with Crippen LogP contribution in [0.15, 0.2) is 6.20 Å². The van der Waals surface area contributed by atoms with Crippen molar-refractivity contribution in [3.63, 3.8) is 0 Å². The van der Waals surface area contributed by atoms with E-state index in [2.05, 4.69) is 15.1 Å². The Bertz CT molecular complexity index is 851. The van der Waals surface area contributed by atoms with Crippen molar-refractivity contribution in [1.29, 1.82) is 0 Å². The molecule has 1 saturated heterocycles. The quantitative estimate of drug-likeness (QED) is 0.786. The highest BCUT2D eigenvalue weighted by atomic mass is 35.5. The van der Waals surface area contributed by atoms with Gasteiger partial charge in [-0.3, -0.25) is 19.1 Å². The molecule has 7 nitrogen and oxygen atoms in total. The van der Waals surface area contributed by atoms with Crippen LogP contribution >= 0.6 is 11.6 Å². The number of amides is 1. The van der Waals surface area contributed by atoms with Gasteiger partial charge in [-0.25, -0.2) is 0 Å². The Morgan fingerprint density at radius 1 is 1.19 bits per heavy atom. The van der Waals surface area contributed by atoms with Crippen molar-refractivity contribution < 1.29 is 18.0 Å². The number of alkyl halides is 3. The van der Waals surface area contributed by atoms with Crippen LogP contribution in [0.25, 0.3) is 0 Å². The Balaban J connectivity index is 1.67. The van der Waals surface area contributed by atoms with Gasteiger partial charge in [-0.1, -0.05) is 11.6 Å². The van der Waals surface area contributed by atoms with E-state index in [0.717, 1.165) is 15.9 Å². The molecule has 0 bridgehead atoms. The van der Waals surface area contributed by atoms with E-state index in [1.54, 1.807) is 4.68 Å². The molecule has 1 aliphatic heterocycles. The van der Waals surface area contributed by atoms with Gasteiger partial charge in [0.1, 0.15) is 10.7 Å². The summed E-state index contributed by atoms with van der Waals surface area (Å²) < 4.78 is 41.5. The molecule has 148 valence electrons. The lowest BCUT2D eigenvalue weighted by Gasteiger charge is -2.34. The summed E-state index contributed by atoms with van der Waals surface area (Å²) in [7, 11) is 3.15. The minimum atomic E-state index is -4.70. The first-order chi connectivity index (χ1) is 12.6. The van der Waals surface area contributed by atoms with Crippen molar-refractivity contribution in [3.8, 4) is 0 Å². The molecule has 0 unspecified atom stereocenters. The minimum Gasteiger partial charge on any atom is -0.335 e. The number of aryl methyl sites for hydroxylation is 3. The van der Waals surface area contributed by atoms with Gasteiger partial charge < -0.3 is 4.90 Å². The van der Waals surface area contributed by atoms with Crippen LogP contribution in [-0.2, 0) is 26.8 Å². The standard InChI is InChI=1S/C16H20ClF3N6O/c1-10-11(8-23(2)21-10)9-25-4-6-26(7-5-25)15(27)13-12(17)14(16(18,19)20)22-24(13)3/h8H,4-7,9H2,1-3H3. The molecule has 0 spiro atoms. The average molecular weight is 405 g/mol. The molecule has 0 aromatic carbocycles. The lowest BCUT2D eigenvalue weighted by molar-refractivity contribution is -0.141. The zero-order valence-electron chi connectivity index (χ0n) is 15.2. The van der Waals surface area contributed by atoms with E-state index >= 15 is 0 Å². The SMILES string of the molecule is Cc1nn(C)cc1CN1CCN(C(=O)c2c(Cl)c(C(F)(F)F)nn2C)CC1. The number of piperazine rings is 1. The molecular formula is C16H20ClF3N6O. The molecule has 2 aromatic rings. The van der Waals surface area contributed by atoms with E-state index in [-0.39, 0.29) is 5.69 Å². The Labute approximate surface area is 159 Å². The third-order valence-corrected chi connectivity index (χ3v) is 4.99. The van der Waals surface area contributed by atoms with Gasteiger partial charge >= 0.3 is 6.18 Å². The summed E-state index contributed by atoms with van der Waals surface area (Å²) in [4.78, 5) is 16.4. The number of hydrogen-bond donors (Lipinski definition) is 0. The first kappa shape index (κ1) is 19.7. The van der Waals surface area contributed by atoms with Crippen molar-refractivity contribution in [2.45, 2.75) is 19.6 Å². The van der Waals surface area contributed by atoms with Gasteiger partial charge in [0, 0.05) is 58.6 Å². The first-order valence-corrected chi connectivity index (χ1v) is 8.76. The fourth-order valence-electron chi connectivity index (χ4n) is 3.22. The first-order valence-electron chi connectivity index (χ1n) is 8.38. The Kier molecular flexibility index (Phi) is 5.22. The largest absolute Gasteiger partial charge is 0.436 e. The number of carbonyl (C=O) groups is 1. The summed E-state index contributed by atoms with van der Waals surface area (Å²) in [5.41, 5.74) is 0.598. The van der Waals surface area contributed by atoms with E-state index < -0.39 is 22.8 Å². The fourth-order valence-corrected chi connectivity index (χ4v) is 3.56. The summed E-state index contributed by atoms with van der Waals surface area (Å²) in [6.07, 6.45) is -2.74. The lowest BCUT2D eigenvalue weighted by Crippen LogP contribution is -2.48. The van der Waals surface area contributed by atoms with Crippen LogP contribution in [-0.4, -0.2) is 61.4 Å². The summed E-state index contributed by atoms with van der Waals surface area (Å²) in [5, 5.41) is 7.03. The van der Waals surface area contributed by atoms with Gasteiger partial charge in [0.2, 0.25) is 0 Å². The van der Waals surface area contributed by atoms with Crippen molar-refractivity contribution in [3.05, 3.63) is 33.9 Å². The zero-order chi connectivity index (χ0) is 19.9. The van der Waals surface area contributed by atoms with Crippen molar-refractivity contribution in [1.82, 2.24) is 29.4 Å². The van der Waals surface area contributed by atoms with Crippen LogP contribution in [0.1, 0.15) is 27.4 Å². The van der Waals surface area contributed by atoms with Crippen molar-refractivity contribution >= 4 is 17.5 Å². The van der Waals surface area contributed by atoms with Crippen LogP contribution in [0.2, 0.25) is 5.02 Å². The van der Waals surface area contributed by atoms with Crippen LogP contribution in [0, 0.1) is 6.92 Å². The van der Waals surface area contributed by atoms with Gasteiger partial charge in [0.25, 0.3) is 5.91 Å². The topological polar surface area (TPSA) is 59.2 Å². The monoisotopic (exact) mass is 404 g/mol. The maximum Gasteiger partial charge on any atom is 0.436 e. The lowest BCUT2D eigenvalue weighted by atomic mass is 10.2. The molecule has 0 atom stereocenters. The van der Waals surface area contributed by atoms with Gasteiger partial charge in [0.05, 0.1) is 5.69 Å². The number of nitrogens with zero attached hydrogens (tertiary/aromatic N) is 6. The normalized spacial score (nSPS) is 16.2. The predicted octanol–water partition coefficient (Wildman–Crippen LogP) is 2.09. The van der Waals surface area contributed by atoms with Crippen molar-refractivity contribution in [2.24, 2.45) is 14.1 Å². The Hall–Kier alpha value is -2.07. The Morgan fingerprint density at radius 2 is 1.81 bits per heavy atom. The highest BCUT2D eigenvalue weighted by molar-refractivity contribution is 6.34. The average Bonchev–Trinajstić information content (AvgIpc) is 3.05. The van der Waals surface area contributed by atoms with Crippen LogP contribution in [0.5, 0.6) is 0 Å². The molecule has 0 aliphatic carbocycles. The van der Waals surface area contributed by atoms with E-state index in [9.17, 15) is 18.0 Å². The van der Waals surface area contributed by atoms with Crippen LogP contribution in [0.4, 0.5) is 13.2 Å². The van der Waals surface area contributed by atoms with Crippen LogP contribution < -0.4 is 0 Å². The van der Waals surface area contributed by atoms with Gasteiger partial charge in [-0.2, -0.15) is 23.4 Å². The fraction of sp³-hybridized carbons (Fsp3) is 0.562. The van der Waals surface area contributed by atoms with E-state index in [1.165, 1.54) is 11.9 Å². The third kappa shape index (κ3) is 3.96. The second kappa shape index (κ2) is 7.16. The smallest absolute Gasteiger partial charge is 0.335 e. The van der Waals surface area contributed by atoms with Crippen molar-refractivity contribution in [2.75, 3.05) is 26.2 Å². The molecule has 1 amide bonds. The number of aromatic nitrogens is 4. The molecule has 27 heavy (non-hydrogen) atoms. The highest BCUT2D eigenvalue weighted by Gasteiger charge is 2.40. The van der Waals surface area contributed by atoms with Gasteiger partial charge in [-0.05, 0) is 6.92 Å². The number of rotatable bonds is 3. The second-order valence-corrected chi connectivity index (χ2v) is 6.99. The summed E-state index contributed by atoms with van der Waals surface area (Å²) in [6.45, 7) is 4.69. The molecule has 3 heterocycles. The molecule has 0 radical (unpaired) electrons. The Morgan fingerprint density at radius 3 is 2.30 bits per heavy atom. The van der Waals surface area contributed by atoms with E-state index in [1.807, 2.05) is 20.2 Å². The number of halogens is 4. The molecule has 3 rings (SSSR count). The zero-order valence-corrected chi connectivity index (χ0v) is 16.0. The molecule has 0 saturated carbocycles. The minimum absolute atomic E-state index is 0.236. The number of carbonyl (C=O) groups excluding carboxylic acids is 1. The van der Waals surface area contributed by atoms with E-state index in [0.29, 0.717) is 32.7 Å². The maximum atomic E-state index is 12.9.